The Kier molecular flexibility index (Phi) is 9.94. The van der Waals surface area contributed by atoms with Gasteiger partial charge in [0.1, 0.15) is 18.3 Å². The van der Waals surface area contributed by atoms with Gasteiger partial charge in [-0.25, -0.2) is 8.42 Å². The van der Waals surface area contributed by atoms with E-state index in [2.05, 4.69) is 5.32 Å². The molecule has 0 spiro atoms. The van der Waals surface area contributed by atoms with E-state index in [1.165, 1.54) is 24.1 Å². The van der Waals surface area contributed by atoms with Crippen LogP contribution in [0.4, 0.5) is 5.69 Å². The number of methoxy groups -OCH3 is 1. The van der Waals surface area contributed by atoms with Gasteiger partial charge in [-0.2, -0.15) is 0 Å². The van der Waals surface area contributed by atoms with Crippen molar-refractivity contribution >= 4 is 39.1 Å². The molecule has 1 fully saturated rings. The molecule has 2 amide bonds. The van der Waals surface area contributed by atoms with Gasteiger partial charge in [-0.3, -0.25) is 13.9 Å². The smallest absolute Gasteiger partial charge is 0.264 e. The van der Waals surface area contributed by atoms with Crippen molar-refractivity contribution in [3.8, 4) is 5.75 Å². The van der Waals surface area contributed by atoms with Gasteiger partial charge in [-0.1, -0.05) is 54.3 Å². The first-order valence-corrected chi connectivity index (χ1v) is 15.5. The first kappa shape index (κ1) is 30.4. The number of aryl methyl sites for hydroxylation is 1. The van der Waals surface area contributed by atoms with Crippen LogP contribution in [0, 0.1) is 6.92 Å². The fourth-order valence-corrected chi connectivity index (χ4v) is 6.42. The minimum atomic E-state index is -4.14. The standard InChI is InChI=1S/C31H36ClN3O5S/c1-22-8-18-29(19-9-22)41(38,39)35(27-14-16-28(40-3)17-15-27)21-30(36)34(20-24-10-12-25(32)13-11-24)23(2)31(37)33-26-6-4-5-7-26/h8-19,23,26H,4-7,20-21H2,1-3H3,(H,33,37)/t23-/m1/s1. The van der Waals surface area contributed by atoms with E-state index >= 15 is 0 Å². The molecule has 41 heavy (non-hydrogen) atoms. The van der Waals surface area contributed by atoms with E-state index in [0.717, 1.165) is 41.1 Å². The maximum atomic E-state index is 14.0. The van der Waals surface area contributed by atoms with Gasteiger partial charge in [0.25, 0.3) is 10.0 Å². The molecule has 3 aromatic carbocycles. The molecule has 1 N–H and O–H groups in total. The Morgan fingerprint density at radius 2 is 1.59 bits per heavy atom. The zero-order valence-electron chi connectivity index (χ0n) is 23.5. The quantitative estimate of drug-likeness (QED) is 0.322. The molecule has 1 aliphatic rings. The zero-order chi connectivity index (χ0) is 29.6. The molecule has 8 nitrogen and oxygen atoms in total. The number of amides is 2. The molecule has 0 unspecified atom stereocenters. The number of carbonyl (C=O) groups excluding carboxylic acids is 2. The Hall–Kier alpha value is -3.56. The number of rotatable bonds is 11. The number of sulfonamides is 1. The summed E-state index contributed by atoms with van der Waals surface area (Å²) in [6.45, 7) is 3.14. The zero-order valence-corrected chi connectivity index (χ0v) is 25.1. The molecule has 10 heteroatoms. The minimum absolute atomic E-state index is 0.0583. The van der Waals surface area contributed by atoms with Crippen molar-refractivity contribution in [2.45, 2.75) is 63.1 Å². The van der Waals surface area contributed by atoms with Gasteiger partial charge in [-0.05, 0) is 80.8 Å². The fraction of sp³-hybridized carbons (Fsp3) is 0.355. The lowest BCUT2D eigenvalue weighted by Gasteiger charge is -2.32. The Labute approximate surface area is 247 Å². The average molecular weight is 598 g/mol. The molecule has 0 radical (unpaired) electrons. The van der Waals surface area contributed by atoms with Crippen molar-refractivity contribution in [3.63, 3.8) is 0 Å². The molecule has 1 saturated carbocycles. The van der Waals surface area contributed by atoms with Crippen molar-refractivity contribution in [1.82, 2.24) is 10.2 Å². The number of ether oxygens (including phenoxy) is 1. The highest BCUT2D eigenvalue weighted by atomic mass is 35.5. The number of nitrogens with one attached hydrogen (secondary N) is 1. The number of carbonyl (C=O) groups is 2. The Balaban J connectivity index is 1.68. The highest BCUT2D eigenvalue weighted by Crippen LogP contribution is 2.27. The molecule has 0 heterocycles. The van der Waals surface area contributed by atoms with Crippen LogP contribution in [0.15, 0.2) is 77.7 Å². The van der Waals surface area contributed by atoms with Gasteiger partial charge in [0.05, 0.1) is 17.7 Å². The molecule has 1 atom stereocenters. The first-order valence-electron chi connectivity index (χ1n) is 13.7. The molecule has 218 valence electrons. The second-order valence-corrected chi connectivity index (χ2v) is 12.6. The van der Waals surface area contributed by atoms with Crippen LogP contribution in [0.1, 0.15) is 43.7 Å². The average Bonchev–Trinajstić information content (AvgIpc) is 3.48. The van der Waals surface area contributed by atoms with Crippen molar-refractivity contribution < 1.29 is 22.7 Å². The maximum Gasteiger partial charge on any atom is 0.264 e. The van der Waals surface area contributed by atoms with E-state index in [0.29, 0.717) is 16.5 Å². The third kappa shape index (κ3) is 7.59. The lowest BCUT2D eigenvalue weighted by Crippen LogP contribution is -2.52. The lowest BCUT2D eigenvalue weighted by molar-refractivity contribution is -0.139. The lowest BCUT2D eigenvalue weighted by atomic mass is 10.1. The summed E-state index contributed by atoms with van der Waals surface area (Å²) in [6.07, 6.45) is 3.92. The van der Waals surface area contributed by atoms with E-state index < -0.39 is 28.5 Å². The molecule has 0 aromatic heterocycles. The SMILES string of the molecule is COc1ccc(N(CC(=O)N(Cc2ccc(Cl)cc2)[C@H](C)C(=O)NC2CCCC2)S(=O)(=O)c2ccc(C)cc2)cc1. The predicted molar refractivity (Wildman–Crippen MR) is 161 cm³/mol. The van der Waals surface area contributed by atoms with Crippen LogP contribution >= 0.6 is 11.6 Å². The van der Waals surface area contributed by atoms with Crippen LogP contribution in [0.5, 0.6) is 5.75 Å². The van der Waals surface area contributed by atoms with E-state index in [-0.39, 0.29) is 23.4 Å². The Morgan fingerprint density at radius 3 is 2.17 bits per heavy atom. The monoisotopic (exact) mass is 597 g/mol. The highest BCUT2D eigenvalue weighted by Gasteiger charge is 2.33. The summed E-state index contributed by atoms with van der Waals surface area (Å²) in [6, 6.07) is 19.2. The topological polar surface area (TPSA) is 96.0 Å². The van der Waals surface area contributed by atoms with Gasteiger partial charge in [0.2, 0.25) is 11.8 Å². The van der Waals surface area contributed by atoms with Gasteiger partial charge in [0.15, 0.2) is 0 Å². The Bertz CT molecular complexity index is 1440. The predicted octanol–water partition coefficient (Wildman–Crippen LogP) is 5.33. The Morgan fingerprint density at radius 1 is 0.976 bits per heavy atom. The number of halogens is 1. The summed E-state index contributed by atoms with van der Waals surface area (Å²) in [7, 11) is -2.62. The molecular formula is C31H36ClN3O5S. The van der Waals surface area contributed by atoms with Gasteiger partial charge < -0.3 is 15.0 Å². The summed E-state index contributed by atoms with van der Waals surface area (Å²) in [5, 5.41) is 3.62. The van der Waals surface area contributed by atoms with Crippen molar-refractivity contribution in [1.29, 1.82) is 0 Å². The summed E-state index contributed by atoms with van der Waals surface area (Å²) in [4.78, 5) is 28.8. The van der Waals surface area contributed by atoms with E-state index in [4.69, 9.17) is 16.3 Å². The normalized spacial score (nSPS) is 14.3. The number of hydrogen-bond acceptors (Lipinski definition) is 5. The van der Waals surface area contributed by atoms with Crippen LogP contribution in [0.25, 0.3) is 0 Å². The van der Waals surface area contributed by atoms with E-state index in [1.54, 1.807) is 67.6 Å². The molecule has 0 saturated heterocycles. The second-order valence-electron chi connectivity index (χ2n) is 10.3. The van der Waals surface area contributed by atoms with Crippen molar-refractivity contribution in [2.24, 2.45) is 0 Å². The number of benzene rings is 3. The van der Waals surface area contributed by atoms with Crippen LogP contribution in [0.3, 0.4) is 0 Å². The molecule has 3 aromatic rings. The third-order valence-electron chi connectivity index (χ3n) is 7.38. The van der Waals surface area contributed by atoms with Crippen molar-refractivity contribution in [3.05, 3.63) is 88.9 Å². The van der Waals surface area contributed by atoms with Crippen LogP contribution < -0.4 is 14.4 Å². The molecule has 1 aliphatic carbocycles. The largest absolute Gasteiger partial charge is 0.497 e. The maximum absolute atomic E-state index is 14.0. The van der Waals surface area contributed by atoms with Crippen molar-refractivity contribution in [2.75, 3.05) is 18.0 Å². The number of nitrogens with zero attached hydrogens (tertiary/aromatic N) is 2. The molecule has 4 rings (SSSR count). The highest BCUT2D eigenvalue weighted by molar-refractivity contribution is 7.92. The molecular weight excluding hydrogens is 562 g/mol. The van der Waals surface area contributed by atoms with Gasteiger partial charge >= 0.3 is 0 Å². The first-order chi connectivity index (χ1) is 19.6. The molecule has 0 bridgehead atoms. The van der Waals surface area contributed by atoms with E-state index in [1.807, 2.05) is 6.92 Å². The van der Waals surface area contributed by atoms with Crippen LogP contribution in [-0.4, -0.2) is 50.9 Å². The summed E-state index contributed by atoms with van der Waals surface area (Å²) >= 11 is 6.07. The van der Waals surface area contributed by atoms with Gasteiger partial charge in [0, 0.05) is 17.6 Å². The molecule has 0 aliphatic heterocycles. The third-order valence-corrected chi connectivity index (χ3v) is 9.42. The number of anilines is 1. The van der Waals surface area contributed by atoms with Crippen LogP contribution in [0.2, 0.25) is 5.02 Å². The second kappa shape index (κ2) is 13.4. The summed E-state index contributed by atoms with van der Waals surface area (Å²) in [5.74, 6) is -0.230. The number of hydrogen-bond donors (Lipinski definition) is 1. The summed E-state index contributed by atoms with van der Waals surface area (Å²) in [5.41, 5.74) is 1.97. The fourth-order valence-electron chi connectivity index (χ4n) is 4.88. The van der Waals surface area contributed by atoms with Gasteiger partial charge in [-0.15, -0.1) is 0 Å². The summed E-state index contributed by atoms with van der Waals surface area (Å²) < 4.78 is 34.2. The van der Waals surface area contributed by atoms with Crippen LogP contribution in [-0.2, 0) is 26.2 Å². The minimum Gasteiger partial charge on any atom is -0.497 e. The van der Waals surface area contributed by atoms with E-state index in [9.17, 15) is 18.0 Å².